The molecular formula is C17H27Cl. The Morgan fingerprint density at radius 1 is 1.00 bits per heavy atom. The first kappa shape index (κ1) is 15.6. The van der Waals surface area contributed by atoms with Gasteiger partial charge in [0.1, 0.15) is 0 Å². The topological polar surface area (TPSA) is 0 Å². The van der Waals surface area contributed by atoms with E-state index in [1.807, 2.05) is 26.0 Å². The molecule has 18 heavy (non-hydrogen) atoms. The van der Waals surface area contributed by atoms with Crippen molar-refractivity contribution in [2.75, 3.05) is 0 Å². The van der Waals surface area contributed by atoms with Crippen LogP contribution in [-0.4, -0.2) is 0 Å². The molecule has 0 aliphatic heterocycles. The molecule has 0 N–H and O–H groups in total. The Kier molecular flexibility index (Phi) is 6.78. The lowest BCUT2D eigenvalue weighted by Gasteiger charge is -2.38. The Labute approximate surface area is 118 Å². The van der Waals surface area contributed by atoms with E-state index in [4.69, 9.17) is 11.6 Å². The van der Waals surface area contributed by atoms with Crippen LogP contribution in [-0.2, 0) is 5.41 Å². The molecule has 0 spiro atoms. The molecule has 1 aliphatic rings. The van der Waals surface area contributed by atoms with Gasteiger partial charge in [-0.05, 0) is 42.4 Å². The standard InChI is InChI=1S/C15H21Cl.C2H6/c1-2-10-15(11-4-3-5-12-15)13-6-8-14(16)9-7-13;1-2/h6-9H,2-5,10-12H2,1H3;1-2H3. The Morgan fingerprint density at radius 3 is 2.06 bits per heavy atom. The zero-order valence-electron chi connectivity index (χ0n) is 12.1. The fourth-order valence-electron chi connectivity index (χ4n) is 3.19. The maximum absolute atomic E-state index is 5.97. The van der Waals surface area contributed by atoms with Crippen LogP contribution < -0.4 is 0 Å². The summed E-state index contributed by atoms with van der Waals surface area (Å²) in [5.74, 6) is 0. The number of hydrogen-bond acceptors (Lipinski definition) is 0. The highest BCUT2D eigenvalue weighted by Gasteiger charge is 2.32. The summed E-state index contributed by atoms with van der Waals surface area (Å²) in [4.78, 5) is 0. The van der Waals surface area contributed by atoms with Crippen LogP contribution in [0.1, 0.15) is 71.3 Å². The molecule has 0 aromatic heterocycles. The molecule has 1 saturated carbocycles. The zero-order chi connectivity index (χ0) is 13.4. The molecule has 1 aromatic carbocycles. The number of benzene rings is 1. The van der Waals surface area contributed by atoms with Gasteiger partial charge in [-0.25, -0.2) is 0 Å². The lowest BCUT2D eigenvalue weighted by molar-refractivity contribution is 0.271. The fraction of sp³-hybridized carbons (Fsp3) is 0.647. The number of halogens is 1. The Hall–Kier alpha value is -0.490. The van der Waals surface area contributed by atoms with Crippen molar-refractivity contribution in [1.29, 1.82) is 0 Å². The van der Waals surface area contributed by atoms with Crippen molar-refractivity contribution >= 4 is 11.6 Å². The Balaban J connectivity index is 0.000000771. The van der Waals surface area contributed by atoms with Gasteiger partial charge >= 0.3 is 0 Å². The van der Waals surface area contributed by atoms with Crippen molar-refractivity contribution < 1.29 is 0 Å². The first-order valence-corrected chi connectivity index (χ1v) is 7.91. The van der Waals surface area contributed by atoms with Crippen LogP contribution in [0.15, 0.2) is 24.3 Å². The lowest BCUT2D eigenvalue weighted by atomic mass is 9.67. The van der Waals surface area contributed by atoms with Gasteiger partial charge in [0.25, 0.3) is 0 Å². The summed E-state index contributed by atoms with van der Waals surface area (Å²) < 4.78 is 0. The first-order valence-electron chi connectivity index (χ1n) is 7.53. The highest BCUT2D eigenvalue weighted by molar-refractivity contribution is 6.30. The minimum absolute atomic E-state index is 0.456. The van der Waals surface area contributed by atoms with Gasteiger partial charge < -0.3 is 0 Å². The third-order valence-electron chi connectivity index (χ3n) is 4.00. The van der Waals surface area contributed by atoms with E-state index in [0.29, 0.717) is 5.41 Å². The van der Waals surface area contributed by atoms with Crippen molar-refractivity contribution in [2.45, 2.75) is 71.1 Å². The predicted octanol–water partition coefficient (Wildman–Crippen LogP) is 6.37. The Bertz CT molecular complexity index is 314. The van der Waals surface area contributed by atoms with Gasteiger partial charge in [0.2, 0.25) is 0 Å². The first-order chi connectivity index (χ1) is 8.77. The van der Waals surface area contributed by atoms with Crippen molar-refractivity contribution in [1.82, 2.24) is 0 Å². The van der Waals surface area contributed by atoms with Crippen LogP contribution >= 0.6 is 11.6 Å². The van der Waals surface area contributed by atoms with Crippen LogP contribution in [0.25, 0.3) is 0 Å². The zero-order valence-corrected chi connectivity index (χ0v) is 12.9. The summed E-state index contributed by atoms with van der Waals surface area (Å²) in [6.45, 7) is 6.30. The maximum atomic E-state index is 5.97. The highest BCUT2D eigenvalue weighted by Crippen LogP contribution is 2.43. The summed E-state index contributed by atoms with van der Waals surface area (Å²) in [5, 5.41) is 0.853. The number of rotatable bonds is 3. The molecule has 0 saturated heterocycles. The monoisotopic (exact) mass is 266 g/mol. The molecule has 1 aromatic rings. The maximum Gasteiger partial charge on any atom is 0.0406 e. The van der Waals surface area contributed by atoms with E-state index in [9.17, 15) is 0 Å². The van der Waals surface area contributed by atoms with Crippen LogP contribution in [0.3, 0.4) is 0 Å². The van der Waals surface area contributed by atoms with Crippen LogP contribution in [0.4, 0.5) is 0 Å². The summed E-state index contributed by atoms with van der Waals surface area (Å²) >= 11 is 5.97. The third kappa shape index (κ3) is 3.75. The molecule has 1 fully saturated rings. The second-order valence-corrected chi connectivity index (χ2v) is 5.53. The second-order valence-electron chi connectivity index (χ2n) is 5.10. The lowest BCUT2D eigenvalue weighted by Crippen LogP contribution is -2.28. The van der Waals surface area contributed by atoms with Crippen molar-refractivity contribution in [3.8, 4) is 0 Å². The molecule has 0 bridgehead atoms. The molecular weight excluding hydrogens is 240 g/mol. The van der Waals surface area contributed by atoms with E-state index in [1.54, 1.807) is 0 Å². The second kappa shape index (κ2) is 7.84. The molecule has 2 rings (SSSR count). The average Bonchev–Trinajstić information content (AvgIpc) is 2.43. The molecule has 0 amide bonds. The smallest absolute Gasteiger partial charge is 0.0406 e. The van der Waals surface area contributed by atoms with E-state index in [2.05, 4.69) is 19.1 Å². The highest BCUT2D eigenvalue weighted by atomic mass is 35.5. The van der Waals surface area contributed by atoms with Gasteiger partial charge in [-0.15, -0.1) is 0 Å². The van der Waals surface area contributed by atoms with Crippen molar-refractivity contribution in [2.24, 2.45) is 0 Å². The molecule has 0 heterocycles. The van der Waals surface area contributed by atoms with Crippen LogP contribution in [0, 0.1) is 0 Å². The van der Waals surface area contributed by atoms with Gasteiger partial charge in [0, 0.05) is 5.02 Å². The molecule has 102 valence electrons. The van der Waals surface area contributed by atoms with Crippen LogP contribution in [0.2, 0.25) is 5.02 Å². The van der Waals surface area contributed by atoms with E-state index >= 15 is 0 Å². The SMILES string of the molecule is CC.CCCC1(c2ccc(Cl)cc2)CCCCC1. The molecule has 0 nitrogen and oxygen atoms in total. The average molecular weight is 267 g/mol. The fourth-order valence-corrected chi connectivity index (χ4v) is 3.32. The molecule has 1 aliphatic carbocycles. The van der Waals surface area contributed by atoms with Gasteiger partial charge in [-0.3, -0.25) is 0 Å². The normalized spacial score (nSPS) is 17.8. The van der Waals surface area contributed by atoms with Gasteiger partial charge in [-0.2, -0.15) is 0 Å². The van der Waals surface area contributed by atoms with Crippen LogP contribution in [0.5, 0.6) is 0 Å². The number of hydrogen-bond donors (Lipinski definition) is 0. The van der Waals surface area contributed by atoms with E-state index < -0.39 is 0 Å². The van der Waals surface area contributed by atoms with Gasteiger partial charge in [0.05, 0.1) is 0 Å². The van der Waals surface area contributed by atoms with Gasteiger partial charge in [0.15, 0.2) is 0 Å². The van der Waals surface area contributed by atoms with Crippen molar-refractivity contribution in [3.63, 3.8) is 0 Å². The third-order valence-corrected chi connectivity index (χ3v) is 4.25. The summed E-state index contributed by atoms with van der Waals surface area (Å²) in [5.41, 5.74) is 1.97. The van der Waals surface area contributed by atoms with Gasteiger partial charge in [-0.1, -0.05) is 70.2 Å². The summed E-state index contributed by atoms with van der Waals surface area (Å²) in [6.07, 6.45) is 9.53. The Morgan fingerprint density at radius 2 is 1.56 bits per heavy atom. The molecule has 0 unspecified atom stereocenters. The molecule has 0 atom stereocenters. The molecule has 1 heteroatoms. The molecule has 0 radical (unpaired) electrons. The predicted molar refractivity (Wildman–Crippen MR) is 82.5 cm³/mol. The largest absolute Gasteiger partial charge is 0.0843 e. The minimum Gasteiger partial charge on any atom is -0.0843 e. The minimum atomic E-state index is 0.456. The van der Waals surface area contributed by atoms with E-state index in [0.717, 1.165) is 5.02 Å². The van der Waals surface area contributed by atoms with E-state index in [1.165, 1.54) is 50.5 Å². The van der Waals surface area contributed by atoms with E-state index in [-0.39, 0.29) is 0 Å². The quantitative estimate of drug-likeness (QED) is 0.596. The summed E-state index contributed by atoms with van der Waals surface area (Å²) in [6, 6.07) is 8.57. The summed E-state index contributed by atoms with van der Waals surface area (Å²) in [7, 11) is 0. The van der Waals surface area contributed by atoms with Crippen molar-refractivity contribution in [3.05, 3.63) is 34.9 Å².